The van der Waals surface area contributed by atoms with Crippen LogP contribution >= 0.6 is 0 Å². The maximum atomic E-state index is 9.10. The van der Waals surface area contributed by atoms with Crippen molar-refractivity contribution in [2.75, 3.05) is 23.7 Å². The second-order valence-electron chi connectivity index (χ2n) is 8.13. The lowest BCUT2D eigenvalue weighted by Gasteiger charge is -2.39. The lowest BCUT2D eigenvalue weighted by Crippen LogP contribution is -2.37. The van der Waals surface area contributed by atoms with Crippen LogP contribution in [0.25, 0.3) is 11.1 Å². The van der Waals surface area contributed by atoms with Crippen LogP contribution < -0.4 is 10.6 Å². The van der Waals surface area contributed by atoms with Crippen molar-refractivity contribution in [3.63, 3.8) is 0 Å². The van der Waals surface area contributed by atoms with E-state index >= 15 is 0 Å². The van der Waals surface area contributed by atoms with Crippen molar-refractivity contribution in [3.8, 4) is 17.2 Å². The lowest BCUT2D eigenvalue weighted by molar-refractivity contribution is 0.272. The molecule has 152 valence electrons. The van der Waals surface area contributed by atoms with Gasteiger partial charge in [0.2, 0.25) is 5.95 Å². The van der Waals surface area contributed by atoms with Crippen molar-refractivity contribution in [1.82, 2.24) is 20.1 Å². The SMILES string of the molecule is N#CC1CCN(c2nc(C3(c4ccc(-c5cnc(N)nc5)cc4)CCC3)no2)CC1. The number of aromatic nitrogens is 4. The number of rotatable bonds is 4. The highest BCUT2D eigenvalue weighted by Gasteiger charge is 2.44. The van der Waals surface area contributed by atoms with Gasteiger partial charge in [-0.1, -0.05) is 35.8 Å². The third kappa shape index (κ3) is 3.16. The zero-order valence-electron chi connectivity index (χ0n) is 16.7. The Labute approximate surface area is 174 Å². The Kier molecular flexibility index (Phi) is 4.58. The minimum absolute atomic E-state index is 0.131. The molecule has 3 heterocycles. The van der Waals surface area contributed by atoms with Crippen molar-refractivity contribution < 1.29 is 4.52 Å². The highest BCUT2D eigenvalue weighted by atomic mass is 16.5. The molecule has 2 aliphatic rings. The molecule has 1 saturated heterocycles. The van der Waals surface area contributed by atoms with Crippen LogP contribution in [0, 0.1) is 17.2 Å². The van der Waals surface area contributed by atoms with E-state index in [2.05, 4.69) is 50.4 Å². The summed E-state index contributed by atoms with van der Waals surface area (Å²) in [6, 6.07) is 11.4. The van der Waals surface area contributed by atoms with E-state index in [0.717, 1.165) is 62.1 Å². The summed E-state index contributed by atoms with van der Waals surface area (Å²) in [5.74, 6) is 1.16. The average Bonchev–Trinajstić information content (AvgIpc) is 3.24. The Hall–Kier alpha value is -3.47. The first kappa shape index (κ1) is 18.6. The van der Waals surface area contributed by atoms with Gasteiger partial charge in [-0.15, -0.1) is 0 Å². The van der Waals surface area contributed by atoms with Gasteiger partial charge >= 0.3 is 6.01 Å². The van der Waals surface area contributed by atoms with Crippen LogP contribution in [0.15, 0.2) is 41.2 Å². The molecule has 0 radical (unpaired) electrons. The molecular formula is C22H23N7O. The van der Waals surface area contributed by atoms with Crippen LogP contribution in [-0.4, -0.2) is 33.2 Å². The van der Waals surface area contributed by atoms with Gasteiger partial charge < -0.3 is 15.2 Å². The number of nitrogens with zero attached hydrogens (tertiary/aromatic N) is 6. The second-order valence-corrected chi connectivity index (χ2v) is 8.13. The summed E-state index contributed by atoms with van der Waals surface area (Å²) in [4.78, 5) is 15.0. The van der Waals surface area contributed by atoms with Gasteiger partial charge in [-0.3, -0.25) is 0 Å². The zero-order chi connectivity index (χ0) is 20.6. The van der Waals surface area contributed by atoms with E-state index in [1.54, 1.807) is 12.4 Å². The molecule has 0 amide bonds. The average molecular weight is 401 g/mol. The van der Waals surface area contributed by atoms with Crippen LogP contribution in [0.1, 0.15) is 43.5 Å². The molecule has 0 atom stereocenters. The highest BCUT2D eigenvalue weighted by Crippen LogP contribution is 2.48. The molecule has 2 N–H and O–H groups in total. The van der Waals surface area contributed by atoms with E-state index in [9.17, 15) is 0 Å². The Morgan fingerprint density at radius 1 is 1.07 bits per heavy atom. The summed E-state index contributed by atoms with van der Waals surface area (Å²) in [5.41, 5.74) is 8.57. The predicted molar refractivity (Wildman–Crippen MR) is 111 cm³/mol. The zero-order valence-corrected chi connectivity index (χ0v) is 16.7. The van der Waals surface area contributed by atoms with E-state index in [1.165, 1.54) is 5.56 Å². The van der Waals surface area contributed by atoms with Gasteiger partial charge in [0.15, 0.2) is 5.82 Å². The number of hydrogen-bond donors (Lipinski definition) is 1. The monoisotopic (exact) mass is 401 g/mol. The first-order chi connectivity index (χ1) is 14.7. The van der Waals surface area contributed by atoms with Crippen LogP contribution in [-0.2, 0) is 5.41 Å². The van der Waals surface area contributed by atoms with E-state index < -0.39 is 0 Å². The minimum Gasteiger partial charge on any atom is -0.368 e. The molecule has 1 aliphatic heterocycles. The Morgan fingerprint density at radius 3 is 2.37 bits per heavy atom. The molecule has 1 saturated carbocycles. The molecule has 1 aromatic carbocycles. The van der Waals surface area contributed by atoms with Gasteiger partial charge in [-0.05, 0) is 36.8 Å². The van der Waals surface area contributed by atoms with Crippen LogP contribution in [0.2, 0.25) is 0 Å². The van der Waals surface area contributed by atoms with E-state index in [-0.39, 0.29) is 17.3 Å². The Bertz CT molecular complexity index is 1060. The molecule has 0 spiro atoms. The van der Waals surface area contributed by atoms with Gasteiger partial charge in [-0.2, -0.15) is 10.2 Å². The van der Waals surface area contributed by atoms with Gasteiger partial charge in [-0.25, -0.2) is 9.97 Å². The molecule has 2 aromatic heterocycles. The fourth-order valence-corrected chi connectivity index (χ4v) is 4.38. The number of nitrogens with two attached hydrogens (primary N) is 1. The highest BCUT2D eigenvalue weighted by molar-refractivity contribution is 5.62. The Balaban J connectivity index is 1.38. The number of anilines is 2. The smallest absolute Gasteiger partial charge is 0.324 e. The Morgan fingerprint density at radius 2 is 1.77 bits per heavy atom. The predicted octanol–water partition coefficient (Wildman–Crippen LogP) is 3.32. The standard InChI is InChI=1S/C22H23N7O/c23-12-15-6-10-29(11-7-15)21-27-19(28-30-21)22(8-1-9-22)18-4-2-16(3-5-18)17-13-25-20(24)26-14-17/h2-5,13-15H,1,6-11H2,(H2,24,25,26). The van der Waals surface area contributed by atoms with Gasteiger partial charge in [0.25, 0.3) is 0 Å². The molecule has 8 heteroatoms. The van der Waals surface area contributed by atoms with Gasteiger partial charge in [0.1, 0.15) is 0 Å². The maximum Gasteiger partial charge on any atom is 0.324 e. The van der Waals surface area contributed by atoms with Crippen molar-refractivity contribution in [2.24, 2.45) is 5.92 Å². The quantitative estimate of drug-likeness (QED) is 0.707. The molecule has 0 bridgehead atoms. The second kappa shape index (κ2) is 7.41. The van der Waals surface area contributed by atoms with E-state index in [1.807, 2.05) is 0 Å². The topological polar surface area (TPSA) is 118 Å². The number of benzene rings is 1. The molecule has 1 aliphatic carbocycles. The van der Waals surface area contributed by atoms with Crippen LogP contribution in [0.4, 0.5) is 12.0 Å². The summed E-state index contributed by atoms with van der Waals surface area (Å²) in [6.45, 7) is 1.57. The van der Waals surface area contributed by atoms with E-state index in [4.69, 9.17) is 20.5 Å². The van der Waals surface area contributed by atoms with Crippen molar-refractivity contribution >= 4 is 12.0 Å². The van der Waals surface area contributed by atoms with Crippen LogP contribution in [0.5, 0.6) is 0 Å². The number of hydrogen-bond acceptors (Lipinski definition) is 8. The van der Waals surface area contributed by atoms with Gasteiger partial charge in [0.05, 0.1) is 11.5 Å². The summed E-state index contributed by atoms with van der Waals surface area (Å²) in [5, 5.41) is 13.5. The summed E-state index contributed by atoms with van der Waals surface area (Å²) in [6.07, 6.45) is 8.31. The maximum absolute atomic E-state index is 9.10. The molecule has 0 unspecified atom stereocenters. The fraction of sp³-hybridized carbons (Fsp3) is 0.409. The van der Waals surface area contributed by atoms with Gasteiger partial charge in [0, 0.05) is 37.0 Å². The third-order valence-corrected chi connectivity index (χ3v) is 6.44. The fourth-order valence-electron chi connectivity index (χ4n) is 4.38. The summed E-state index contributed by atoms with van der Waals surface area (Å²) < 4.78 is 5.63. The lowest BCUT2D eigenvalue weighted by atomic mass is 9.64. The summed E-state index contributed by atoms with van der Waals surface area (Å²) in [7, 11) is 0. The van der Waals surface area contributed by atoms with Crippen molar-refractivity contribution in [1.29, 1.82) is 5.26 Å². The molecule has 2 fully saturated rings. The molecule has 5 rings (SSSR count). The number of nitrogen functional groups attached to an aromatic ring is 1. The molecule has 8 nitrogen and oxygen atoms in total. The van der Waals surface area contributed by atoms with Crippen molar-refractivity contribution in [3.05, 3.63) is 48.0 Å². The van der Waals surface area contributed by atoms with E-state index in [0.29, 0.717) is 6.01 Å². The molecule has 3 aromatic rings. The molecular weight excluding hydrogens is 378 g/mol. The third-order valence-electron chi connectivity index (χ3n) is 6.44. The van der Waals surface area contributed by atoms with Crippen LogP contribution in [0.3, 0.4) is 0 Å². The summed E-state index contributed by atoms with van der Waals surface area (Å²) >= 11 is 0. The molecule has 30 heavy (non-hydrogen) atoms. The van der Waals surface area contributed by atoms with Crippen molar-refractivity contribution in [2.45, 2.75) is 37.5 Å². The normalized spacial score (nSPS) is 18.6. The number of piperidine rings is 1. The minimum atomic E-state index is -0.192. The largest absolute Gasteiger partial charge is 0.368 e. The first-order valence-corrected chi connectivity index (χ1v) is 10.4. The number of nitriles is 1. The first-order valence-electron chi connectivity index (χ1n) is 10.4.